The molecular formula is C26H28BrN3O5S. The van der Waals surface area contributed by atoms with Gasteiger partial charge in [-0.2, -0.15) is 12.7 Å². The molecule has 190 valence electrons. The number of carbonyl (C=O) groups excluding carboxylic acids is 2. The molecule has 0 atom stereocenters. The van der Waals surface area contributed by atoms with Gasteiger partial charge >= 0.3 is 0 Å². The van der Waals surface area contributed by atoms with Crippen molar-refractivity contribution in [2.75, 3.05) is 39.8 Å². The minimum atomic E-state index is -3.50. The van der Waals surface area contributed by atoms with Crippen molar-refractivity contribution in [2.45, 2.75) is 25.7 Å². The number of piperazine rings is 1. The normalized spacial score (nSPS) is 19.1. The van der Waals surface area contributed by atoms with Gasteiger partial charge in [0.25, 0.3) is 16.1 Å². The molecular weight excluding hydrogens is 546 g/mol. The predicted octanol–water partition coefficient (Wildman–Crippen LogP) is 2.92. The molecule has 1 fully saturated rings. The van der Waals surface area contributed by atoms with Crippen LogP contribution in [0.4, 0.5) is 0 Å². The molecule has 8 nitrogen and oxygen atoms in total. The van der Waals surface area contributed by atoms with Gasteiger partial charge in [-0.05, 0) is 59.0 Å². The summed E-state index contributed by atoms with van der Waals surface area (Å²) in [5.41, 5.74) is 5.25. The molecule has 1 N–H and O–H groups in total. The summed E-state index contributed by atoms with van der Waals surface area (Å²) in [4.78, 5) is 27.8. The molecule has 10 heteroatoms. The Hall–Kier alpha value is -2.53. The average Bonchev–Trinajstić information content (AvgIpc) is 3.26. The number of allylic oxidation sites excluding steroid dienone is 2. The van der Waals surface area contributed by atoms with Crippen LogP contribution in [-0.2, 0) is 26.8 Å². The number of halogens is 1. The Morgan fingerprint density at radius 3 is 2.47 bits per heavy atom. The van der Waals surface area contributed by atoms with Gasteiger partial charge in [-0.3, -0.25) is 9.59 Å². The highest BCUT2D eigenvalue weighted by Gasteiger charge is 2.43. The Morgan fingerprint density at radius 1 is 1.08 bits per heavy atom. The molecule has 2 aromatic carbocycles. The fourth-order valence-corrected chi connectivity index (χ4v) is 6.67. The number of benzene rings is 2. The van der Waals surface area contributed by atoms with Crippen LogP contribution in [0.1, 0.15) is 40.9 Å². The second-order valence-electron chi connectivity index (χ2n) is 9.77. The zero-order valence-corrected chi connectivity index (χ0v) is 22.8. The Labute approximate surface area is 219 Å². The minimum absolute atomic E-state index is 0.0254. The van der Waals surface area contributed by atoms with E-state index in [1.54, 1.807) is 17.0 Å². The van der Waals surface area contributed by atoms with Crippen LogP contribution in [0, 0.1) is 0 Å². The quantitative estimate of drug-likeness (QED) is 0.593. The Kier molecular flexibility index (Phi) is 6.35. The van der Waals surface area contributed by atoms with E-state index >= 15 is 0 Å². The highest BCUT2D eigenvalue weighted by molar-refractivity contribution is 9.10. The van der Waals surface area contributed by atoms with Crippen molar-refractivity contribution in [3.05, 3.63) is 68.7 Å². The van der Waals surface area contributed by atoms with Crippen LogP contribution in [0.25, 0.3) is 5.57 Å². The summed E-state index contributed by atoms with van der Waals surface area (Å²) in [6.07, 6.45) is 0.723. The highest BCUT2D eigenvalue weighted by Crippen LogP contribution is 2.50. The largest absolute Gasteiger partial charge is 0.484 e. The first-order valence-corrected chi connectivity index (χ1v) is 14.1. The molecule has 0 radical (unpaired) electrons. The smallest absolute Gasteiger partial charge is 0.279 e. The zero-order valence-electron chi connectivity index (χ0n) is 20.4. The number of hydrogen-bond donors (Lipinski definition) is 1. The first kappa shape index (κ1) is 25.1. The summed E-state index contributed by atoms with van der Waals surface area (Å²) in [6, 6.07) is 11.5. The van der Waals surface area contributed by atoms with E-state index < -0.39 is 10.2 Å². The first-order valence-electron chi connectivity index (χ1n) is 11.8. The summed E-state index contributed by atoms with van der Waals surface area (Å²) >= 11 is 3.54. The van der Waals surface area contributed by atoms with E-state index in [9.17, 15) is 18.0 Å². The van der Waals surface area contributed by atoms with Crippen molar-refractivity contribution in [3.63, 3.8) is 0 Å². The number of ketones is 1. The zero-order chi connectivity index (χ0) is 25.8. The third-order valence-electron chi connectivity index (χ3n) is 7.45. The Bertz CT molecular complexity index is 1410. The number of nitrogens with zero attached hydrogens (tertiary/aromatic N) is 2. The van der Waals surface area contributed by atoms with Crippen molar-refractivity contribution in [3.8, 4) is 5.75 Å². The van der Waals surface area contributed by atoms with E-state index in [0.29, 0.717) is 24.4 Å². The van der Waals surface area contributed by atoms with Crippen LogP contribution in [0.2, 0.25) is 0 Å². The van der Waals surface area contributed by atoms with Gasteiger partial charge in [0.15, 0.2) is 12.4 Å². The van der Waals surface area contributed by atoms with Crippen molar-refractivity contribution in [1.29, 1.82) is 0 Å². The number of carbonyl (C=O) groups is 2. The lowest BCUT2D eigenvalue weighted by Gasteiger charge is -2.35. The highest BCUT2D eigenvalue weighted by atomic mass is 79.9. The SMILES string of the molecule is CNS(=O)(=O)N1CCN(C(=O)COc2ccc3c(c2)C(C)(C)C2=C(C3=O)c3ccc(Br)cc3C2)CC1. The number of rotatable bonds is 5. The monoisotopic (exact) mass is 573 g/mol. The lowest BCUT2D eigenvalue weighted by atomic mass is 9.68. The van der Waals surface area contributed by atoms with Crippen molar-refractivity contribution < 1.29 is 22.7 Å². The molecule has 0 aromatic heterocycles. The second-order valence-corrected chi connectivity index (χ2v) is 12.6. The van der Waals surface area contributed by atoms with Crippen LogP contribution in [-0.4, -0.2) is 69.1 Å². The third-order valence-corrected chi connectivity index (χ3v) is 9.50. The van der Waals surface area contributed by atoms with Gasteiger partial charge in [-0.1, -0.05) is 35.8 Å². The maximum Gasteiger partial charge on any atom is 0.279 e. The molecule has 0 saturated carbocycles. The van der Waals surface area contributed by atoms with Gasteiger partial charge in [0.1, 0.15) is 5.75 Å². The number of ether oxygens (including phenoxy) is 1. The van der Waals surface area contributed by atoms with Crippen molar-refractivity contribution in [1.82, 2.24) is 13.9 Å². The summed E-state index contributed by atoms with van der Waals surface area (Å²) in [5.74, 6) is 0.352. The maximum absolute atomic E-state index is 13.5. The lowest BCUT2D eigenvalue weighted by molar-refractivity contribution is -0.134. The van der Waals surface area contributed by atoms with E-state index in [2.05, 4.69) is 40.6 Å². The van der Waals surface area contributed by atoms with E-state index in [1.807, 2.05) is 18.2 Å². The summed E-state index contributed by atoms with van der Waals surface area (Å²) in [7, 11) is -2.12. The van der Waals surface area contributed by atoms with Gasteiger partial charge in [-0.15, -0.1) is 0 Å². The van der Waals surface area contributed by atoms with E-state index in [1.165, 1.54) is 11.4 Å². The van der Waals surface area contributed by atoms with E-state index in [0.717, 1.165) is 38.7 Å². The van der Waals surface area contributed by atoms with Crippen LogP contribution < -0.4 is 9.46 Å². The van der Waals surface area contributed by atoms with Crippen LogP contribution in [0.5, 0.6) is 5.75 Å². The van der Waals surface area contributed by atoms with Gasteiger partial charge in [0.05, 0.1) is 0 Å². The number of Topliss-reactive ketones (excluding diaryl/α,β-unsaturated/α-hetero) is 1. The Balaban J connectivity index is 1.30. The minimum Gasteiger partial charge on any atom is -0.484 e. The average molecular weight is 574 g/mol. The van der Waals surface area contributed by atoms with E-state index in [-0.39, 0.29) is 36.8 Å². The topological polar surface area (TPSA) is 96.0 Å². The molecule has 0 spiro atoms. The van der Waals surface area contributed by atoms with Gasteiger partial charge in [0.2, 0.25) is 0 Å². The third kappa shape index (κ3) is 4.19. The van der Waals surface area contributed by atoms with Crippen molar-refractivity contribution >= 4 is 43.4 Å². The summed E-state index contributed by atoms with van der Waals surface area (Å²) in [6.45, 7) is 5.19. The molecule has 0 bridgehead atoms. The molecule has 2 aromatic rings. The van der Waals surface area contributed by atoms with Crippen LogP contribution in [0.3, 0.4) is 0 Å². The lowest BCUT2D eigenvalue weighted by Crippen LogP contribution is -2.53. The number of nitrogens with one attached hydrogen (secondary N) is 1. The summed E-state index contributed by atoms with van der Waals surface area (Å²) in [5, 5.41) is 0. The molecule has 1 amide bonds. The summed E-state index contributed by atoms with van der Waals surface area (Å²) < 4.78 is 34.3. The second kappa shape index (κ2) is 9.09. The Morgan fingerprint density at radius 2 is 1.78 bits per heavy atom. The molecule has 1 saturated heterocycles. The van der Waals surface area contributed by atoms with Crippen molar-refractivity contribution in [2.24, 2.45) is 0 Å². The molecule has 1 aliphatic heterocycles. The number of fused-ring (bicyclic) bond motifs is 3. The molecule has 1 heterocycles. The molecule has 36 heavy (non-hydrogen) atoms. The molecule has 2 aliphatic carbocycles. The van der Waals surface area contributed by atoms with Gasteiger partial charge in [-0.25, -0.2) is 4.72 Å². The first-order chi connectivity index (χ1) is 17.0. The fraction of sp³-hybridized carbons (Fsp3) is 0.385. The molecule has 5 rings (SSSR count). The predicted molar refractivity (Wildman–Crippen MR) is 140 cm³/mol. The molecule has 3 aliphatic rings. The van der Waals surface area contributed by atoms with E-state index in [4.69, 9.17) is 4.74 Å². The van der Waals surface area contributed by atoms with Crippen LogP contribution >= 0.6 is 15.9 Å². The molecule has 0 unspecified atom stereocenters. The van der Waals surface area contributed by atoms with Gasteiger partial charge < -0.3 is 9.64 Å². The number of hydrogen-bond acceptors (Lipinski definition) is 5. The maximum atomic E-state index is 13.5. The fourth-order valence-electron chi connectivity index (χ4n) is 5.36. The van der Waals surface area contributed by atoms with Crippen LogP contribution in [0.15, 0.2) is 46.4 Å². The number of amides is 1. The standard InChI is InChI=1S/C26H28BrN3O5S/c1-26(2)21-14-18(35-15-23(31)29-8-10-30(11-9-29)36(33,34)28-3)5-7-20(21)25(32)24-19-6-4-17(27)12-16(19)13-22(24)26/h4-7,12,14,28H,8-11,13,15H2,1-3H3. The van der Waals surface area contributed by atoms with Gasteiger partial charge in [0, 0.05) is 54.3 Å².